The zero-order valence-corrected chi connectivity index (χ0v) is 7.17. The normalized spacial score (nSPS) is 20.2. The smallest absolute Gasteiger partial charge is 0.229 e. The summed E-state index contributed by atoms with van der Waals surface area (Å²) in [4.78, 5) is 22.9. The van der Waals surface area contributed by atoms with Crippen molar-refractivity contribution in [3.63, 3.8) is 0 Å². The van der Waals surface area contributed by atoms with Crippen LogP contribution < -0.4 is 0 Å². The standard InChI is InChI=1S/C6H9NO4S/c8-5-1-2-6(9)7(5)3-4-12(10)11/h1-4H2,(H,10,11). The van der Waals surface area contributed by atoms with E-state index in [4.69, 9.17) is 4.55 Å². The maximum Gasteiger partial charge on any atom is 0.229 e. The SMILES string of the molecule is O=C1CCC(=O)N1CCS(=O)O. The van der Waals surface area contributed by atoms with Gasteiger partial charge in [0.2, 0.25) is 11.8 Å². The predicted octanol–water partition coefficient (Wildman–Crippen LogP) is -0.643. The number of carbonyl (C=O) groups is 2. The van der Waals surface area contributed by atoms with Gasteiger partial charge in [-0.3, -0.25) is 14.5 Å². The van der Waals surface area contributed by atoms with Gasteiger partial charge in [0.05, 0.1) is 5.75 Å². The number of likely N-dealkylation sites (tertiary alicyclic amines) is 1. The van der Waals surface area contributed by atoms with Crippen LogP contribution in [0, 0.1) is 0 Å². The molecular weight excluding hydrogens is 182 g/mol. The van der Waals surface area contributed by atoms with Gasteiger partial charge in [-0.05, 0) is 0 Å². The van der Waals surface area contributed by atoms with Crippen LogP contribution in [0.15, 0.2) is 0 Å². The number of amides is 2. The summed E-state index contributed by atoms with van der Waals surface area (Å²) in [5.41, 5.74) is 0. The van der Waals surface area contributed by atoms with E-state index in [1.54, 1.807) is 0 Å². The van der Waals surface area contributed by atoms with Crippen molar-refractivity contribution >= 4 is 22.9 Å². The Balaban J connectivity index is 2.45. The molecule has 1 heterocycles. The highest BCUT2D eigenvalue weighted by molar-refractivity contribution is 7.79. The van der Waals surface area contributed by atoms with Gasteiger partial charge < -0.3 is 4.55 Å². The molecule has 68 valence electrons. The minimum absolute atomic E-state index is 0.0563. The quantitative estimate of drug-likeness (QED) is 0.475. The molecule has 0 aromatic heterocycles. The lowest BCUT2D eigenvalue weighted by molar-refractivity contribution is -0.137. The maximum absolute atomic E-state index is 10.9. The molecule has 1 aliphatic rings. The van der Waals surface area contributed by atoms with Crippen molar-refractivity contribution in [2.75, 3.05) is 12.3 Å². The van der Waals surface area contributed by atoms with Crippen molar-refractivity contribution in [3.05, 3.63) is 0 Å². The highest BCUT2D eigenvalue weighted by atomic mass is 32.2. The lowest BCUT2D eigenvalue weighted by Gasteiger charge is -2.11. The molecule has 1 fully saturated rings. The summed E-state index contributed by atoms with van der Waals surface area (Å²) in [6, 6.07) is 0. The minimum atomic E-state index is -1.94. The second-order valence-corrected chi connectivity index (χ2v) is 3.52. The van der Waals surface area contributed by atoms with Crippen LogP contribution in [0.2, 0.25) is 0 Å². The average molecular weight is 191 g/mol. The molecule has 6 heteroatoms. The maximum atomic E-state index is 10.9. The van der Waals surface area contributed by atoms with Crippen LogP contribution in [-0.2, 0) is 20.7 Å². The molecule has 1 unspecified atom stereocenters. The van der Waals surface area contributed by atoms with E-state index >= 15 is 0 Å². The molecule has 1 rings (SSSR count). The monoisotopic (exact) mass is 191 g/mol. The third-order valence-electron chi connectivity index (χ3n) is 1.64. The second kappa shape index (κ2) is 3.77. The van der Waals surface area contributed by atoms with Gasteiger partial charge in [0.1, 0.15) is 0 Å². The van der Waals surface area contributed by atoms with Gasteiger partial charge in [0.15, 0.2) is 11.1 Å². The molecule has 0 spiro atoms. The van der Waals surface area contributed by atoms with E-state index in [-0.39, 0.29) is 37.0 Å². The Hall–Kier alpha value is -0.750. The van der Waals surface area contributed by atoms with Crippen molar-refractivity contribution in [1.82, 2.24) is 4.90 Å². The highest BCUT2D eigenvalue weighted by Crippen LogP contribution is 2.10. The van der Waals surface area contributed by atoms with Crippen molar-refractivity contribution in [3.8, 4) is 0 Å². The lowest BCUT2D eigenvalue weighted by Crippen LogP contribution is -2.32. The first-order chi connectivity index (χ1) is 5.61. The van der Waals surface area contributed by atoms with Crippen LogP contribution in [0.5, 0.6) is 0 Å². The van der Waals surface area contributed by atoms with E-state index in [2.05, 4.69) is 0 Å². The number of rotatable bonds is 3. The van der Waals surface area contributed by atoms with Gasteiger partial charge in [0, 0.05) is 19.4 Å². The summed E-state index contributed by atoms with van der Waals surface area (Å²) >= 11 is -1.94. The fourth-order valence-electron chi connectivity index (χ4n) is 1.04. The van der Waals surface area contributed by atoms with Crippen LogP contribution in [0.25, 0.3) is 0 Å². The number of hydrogen-bond donors (Lipinski definition) is 1. The highest BCUT2D eigenvalue weighted by Gasteiger charge is 2.28. The first kappa shape index (κ1) is 9.34. The van der Waals surface area contributed by atoms with E-state index < -0.39 is 11.1 Å². The van der Waals surface area contributed by atoms with Crippen LogP contribution in [-0.4, -0.2) is 37.8 Å². The van der Waals surface area contributed by atoms with Gasteiger partial charge in [-0.15, -0.1) is 0 Å². The molecule has 0 aromatic carbocycles. The second-order valence-electron chi connectivity index (χ2n) is 2.46. The van der Waals surface area contributed by atoms with Crippen molar-refractivity contribution in [1.29, 1.82) is 0 Å². The molecular formula is C6H9NO4S. The minimum Gasteiger partial charge on any atom is -0.306 e. The molecule has 2 amide bonds. The Morgan fingerprint density at radius 3 is 2.25 bits per heavy atom. The van der Waals surface area contributed by atoms with E-state index in [1.807, 2.05) is 0 Å². The molecule has 0 bridgehead atoms. The van der Waals surface area contributed by atoms with E-state index in [1.165, 1.54) is 0 Å². The summed E-state index contributed by atoms with van der Waals surface area (Å²) in [6.45, 7) is 0.0563. The lowest BCUT2D eigenvalue weighted by atomic mass is 10.4. The van der Waals surface area contributed by atoms with Crippen molar-refractivity contribution < 1.29 is 18.4 Å². The van der Waals surface area contributed by atoms with Gasteiger partial charge in [-0.1, -0.05) is 0 Å². The molecule has 1 aliphatic heterocycles. The van der Waals surface area contributed by atoms with E-state index in [0.29, 0.717) is 0 Å². The predicted molar refractivity (Wildman–Crippen MR) is 41.6 cm³/mol. The molecule has 1 N–H and O–H groups in total. The van der Waals surface area contributed by atoms with Crippen LogP contribution in [0.3, 0.4) is 0 Å². The Morgan fingerprint density at radius 1 is 1.33 bits per heavy atom. The zero-order valence-electron chi connectivity index (χ0n) is 6.36. The summed E-state index contributed by atoms with van der Waals surface area (Å²) in [5, 5.41) is 0. The third-order valence-corrected chi connectivity index (χ3v) is 2.18. The Morgan fingerprint density at radius 2 is 1.83 bits per heavy atom. The van der Waals surface area contributed by atoms with Crippen molar-refractivity contribution in [2.45, 2.75) is 12.8 Å². The molecule has 0 saturated carbocycles. The molecule has 1 atom stereocenters. The Bertz CT molecular complexity index is 224. The zero-order chi connectivity index (χ0) is 9.14. The number of imide groups is 1. The Labute approximate surface area is 72.0 Å². The molecule has 0 aromatic rings. The van der Waals surface area contributed by atoms with E-state index in [0.717, 1.165) is 4.90 Å². The topological polar surface area (TPSA) is 74.7 Å². The molecule has 12 heavy (non-hydrogen) atoms. The van der Waals surface area contributed by atoms with Gasteiger partial charge in [-0.25, -0.2) is 4.21 Å². The van der Waals surface area contributed by atoms with Crippen LogP contribution >= 0.6 is 0 Å². The first-order valence-corrected chi connectivity index (χ1v) is 4.79. The molecule has 0 aliphatic carbocycles. The van der Waals surface area contributed by atoms with Crippen molar-refractivity contribution in [2.24, 2.45) is 0 Å². The Kier molecular flexibility index (Phi) is 2.93. The van der Waals surface area contributed by atoms with E-state index in [9.17, 15) is 13.8 Å². The van der Waals surface area contributed by atoms with Gasteiger partial charge in [-0.2, -0.15) is 0 Å². The number of nitrogens with zero attached hydrogens (tertiary/aromatic N) is 1. The summed E-state index contributed by atoms with van der Waals surface area (Å²) in [7, 11) is 0. The van der Waals surface area contributed by atoms with Gasteiger partial charge in [0.25, 0.3) is 0 Å². The van der Waals surface area contributed by atoms with Gasteiger partial charge >= 0.3 is 0 Å². The summed E-state index contributed by atoms with van der Waals surface area (Å²) in [5.74, 6) is -0.548. The number of hydrogen-bond acceptors (Lipinski definition) is 3. The fraction of sp³-hybridized carbons (Fsp3) is 0.667. The van der Waals surface area contributed by atoms with Crippen LogP contribution in [0.4, 0.5) is 0 Å². The number of carbonyl (C=O) groups excluding carboxylic acids is 2. The summed E-state index contributed by atoms with van der Waals surface area (Å²) in [6.07, 6.45) is 0.466. The first-order valence-electron chi connectivity index (χ1n) is 3.52. The average Bonchev–Trinajstić information content (AvgIpc) is 2.28. The van der Waals surface area contributed by atoms with Crippen LogP contribution in [0.1, 0.15) is 12.8 Å². The third kappa shape index (κ3) is 2.12. The molecule has 5 nitrogen and oxygen atoms in total. The molecule has 0 radical (unpaired) electrons. The summed E-state index contributed by atoms with van der Waals surface area (Å²) < 4.78 is 18.6. The molecule has 1 saturated heterocycles. The fourth-order valence-corrected chi connectivity index (χ4v) is 1.38. The largest absolute Gasteiger partial charge is 0.306 e.